The van der Waals surface area contributed by atoms with Crippen molar-refractivity contribution in [3.8, 4) is 0 Å². The van der Waals surface area contributed by atoms with E-state index in [2.05, 4.69) is 10.5 Å². The quantitative estimate of drug-likeness (QED) is 0.389. The molecule has 3 nitrogen and oxygen atoms in total. The summed E-state index contributed by atoms with van der Waals surface area (Å²) in [5.41, 5.74) is -2.52. The van der Waals surface area contributed by atoms with E-state index < -0.39 is 30.9 Å². The third kappa shape index (κ3) is 5.24. The molecule has 166 valence electrons. The average Bonchev–Trinajstić information content (AvgIpc) is 3.12. The van der Waals surface area contributed by atoms with E-state index in [9.17, 15) is 26.3 Å². The summed E-state index contributed by atoms with van der Waals surface area (Å²) in [6.45, 7) is -1.30. The Labute approximate surface area is 188 Å². The molecule has 1 atom stereocenters. The minimum atomic E-state index is -4.84. The number of halogens is 8. The van der Waals surface area contributed by atoms with E-state index in [0.717, 1.165) is 12.1 Å². The Hall–Kier alpha value is -2.04. The number of benzene rings is 2. The van der Waals surface area contributed by atoms with E-state index in [1.807, 2.05) is 0 Å². The van der Waals surface area contributed by atoms with Crippen LogP contribution in [0.1, 0.15) is 23.1 Å². The van der Waals surface area contributed by atoms with Crippen LogP contribution >= 0.6 is 35.4 Å². The molecule has 0 saturated heterocycles. The molecule has 12 heteroatoms. The summed E-state index contributed by atoms with van der Waals surface area (Å²) in [5, 5.41) is 5.70. The second-order valence-electron chi connectivity index (χ2n) is 6.66. The molecular formula is C19H12Cl2F6N2OS. The van der Waals surface area contributed by atoms with Crippen molar-refractivity contribution >= 4 is 46.1 Å². The third-order valence-corrected chi connectivity index (χ3v) is 5.26. The molecule has 3 rings (SSSR count). The molecule has 0 bridgehead atoms. The lowest BCUT2D eigenvalue weighted by Crippen LogP contribution is -2.42. The van der Waals surface area contributed by atoms with Crippen LogP contribution in [0.15, 0.2) is 47.6 Å². The van der Waals surface area contributed by atoms with Crippen LogP contribution in [0.5, 0.6) is 0 Å². The van der Waals surface area contributed by atoms with Crippen LogP contribution < -0.4 is 5.32 Å². The van der Waals surface area contributed by atoms with Crippen molar-refractivity contribution in [3.05, 3.63) is 69.2 Å². The summed E-state index contributed by atoms with van der Waals surface area (Å²) in [4.78, 5) is 4.76. The van der Waals surface area contributed by atoms with Gasteiger partial charge in [0.05, 0.1) is 5.71 Å². The first kappa shape index (κ1) is 23.6. The minimum absolute atomic E-state index is 0.00542. The molecule has 0 spiro atoms. The lowest BCUT2D eigenvalue weighted by Gasteiger charge is -2.29. The number of nitrogens with zero attached hydrogens (tertiary/aromatic N) is 1. The van der Waals surface area contributed by atoms with Crippen LogP contribution in [0.3, 0.4) is 0 Å². The monoisotopic (exact) mass is 500 g/mol. The largest absolute Gasteiger partial charge is 0.435 e. The van der Waals surface area contributed by atoms with E-state index >= 15 is 0 Å². The summed E-state index contributed by atoms with van der Waals surface area (Å²) in [6.07, 6.45) is -9.93. The van der Waals surface area contributed by atoms with Gasteiger partial charge in [-0.2, -0.15) is 26.3 Å². The van der Waals surface area contributed by atoms with Gasteiger partial charge in [0.15, 0.2) is 0 Å². The van der Waals surface area contributed by atoms with Crippen molar-refractivity contribution in [3.63, 3.8) is 0 Å². The molecule has 1 aliphatic heterocycles. The number of nitrogens with one attached hydrogen (secondary N) is 1. The molecular weight excluding hydrogens is 489 g/mol. The first-order chi connectivity index (χ1) is 14.3. The molecule has 0 aliphatic carbocycles. The SMILES string of the molecule is FC(F)(F)CNC(=S)c1ccc(C2=NOC(c3cc(Cl)cc(Cl)c3)(C(F)(F)F)C2)cc1. The second-order valence-corrected chi connectivity index (χ2v) is 7.95. The van der Waals surface area contributed by atoms with Crippen molar-refractivity contribution < 1.29 is 31.2 Å². The van der Waals surface area contributed by atoms with Crippen molar-refractivity contribution in [2.45, 2.75) is 24.4 Å². The number of hydrogen-bond acceptors (Lipinski definition) is 3. The van der Waals surface area contributed by atoms with Crippen LogP contribution in [-0.2, 0) is 10.4 Å². The first-order valence-corrected chi connectivity index (χ1v) is 9.71. The lowest BCUT2D eigenvalue weighted by atomic mass is 9.86. The summed E-state index contributed by atoms with van der Waals surface area (Å²) in [7, 11) is 0. The first-order valence-electron chi connectivity index (χ1n) is 8.54. The molecule has 0 radical (unpaired) electrons. The molecule has 1 unspecified atom stereocenters. The lowest BCUT2D eigenvalue weighted by molar-refractivity contribution is -0.275. The number of alkyl halides is 6. The maximum Gasteiger partial charge on any atom is 0.435 e. The predicted octanol–water partition coefficient (Wildman–Crippen LogP) is 6.40. The Morgan fingerprint density at radius 1 is 1.03 bits per heavy atom. The van der Waals surface area contributed by atoms with Crippen LogP contribution in [0.2, 0.25) is 10.0 Å². The van der Waals surface area contributed by atoms with E-state index in [1.54, 1.807) is 0 Å². The topological polar surface area (TPSA) is 33.6 Å². The fraction of sp³-hybridized carbons (Fsp3) is 0.263. The fourth-order valence-corrected chi connectivity index (χ4v) is 3.68. The number of rotatable bonds is 4. The van der Waals surface area contributed by atoms with E-state index in [-0.39, 0.29) is 31.9 Å². The van der Waals surface area contributed by atoms with Gasteiger partial charge in [0, 0.05) is 27.6 Å². The van der Waals surface area contributed by atoms with E-state index in [4.69, 9.17) is 40.3 Å². The Balaban J connectivity index is 1.83. The third-order valence-electron chi connectivity index (χ3n) is 4.44. The van der Waals surface area contributed by atoms with Gasteiger partial charge >= 0.3 is 12.4 Å². The van der Waals surface area contributed by atoms with Crippen LogP contribution in [0.25, 0.3) is 0 Å². The van der Waals surface area contributed by atoms with Gasteiger partial charge in [0.25, 0.3) is 5.60 Å². The highest BCUT2D eigenvalue weighted by Crippen LogP contribution is 2.49. The van der Waals surface area contributed by atoms with Gasteiger partial charge in [-0.1, -0.05) is 64.8 Å². The maximum absolute atomic E-state index is 14.0. The van der Waals surface area contributed by atoms with Crippen molar-refractivity contribution in [2.24, 2.45) is 5.16 Å². The van der Waals surface area contributed by atoms with Gasteiger partial charge in [0.1, 0.15) is 11.5 Å². The zero-order chi connectivity index (χ0) is 23.0. The van der Waals surface area contributed by atoms with Gasteiger partial charge in [-0.05, 0) is 23.8 Å². The average molecular weight is 501 g/mol. The van der Waals surface area contributed by atoms with E-state index in [0.29, 0.717) is 5.56 Å². The summed E-state index contributed by atoms with van der Waals surface area (Å²) in [5.74, 6) is 0. The Bertz CT molecular complexity index is 1000. The summed E-state index contributed by atoms with van der Waals surface area (Å²) in [6, 6.07) is 9.07. The number of hydrogen-bond donors (Lipinski definition) is 1. The van der Waals surface area contributed by atoms with Gasteiger partial charge in [-0.3, -0.25) is 0 Å². The van der Waals surface area contributed by atoms with Crippen molar-refractivity contribution in [2.75, 3.05) is 6.54 Å². The highest BCUT2D eigenvalue weighted by molar-refractivity contribution is 7.80. The molecule has 2 aromatic rings. The van der Waals surface area contributed by atoms with Crippen LogP contribution in [0, 0.1) is 0 Å². The standard InChI is InChI=1S/C19H12Cl2F6N2OS/c20-13-5-12(6-14(21)7-13)17(19(25,26)27)8-15(29-30-17)10-1-3-11(4-2-10)16(31)28-9-18(22,23)24/h1-7H,8-9H2,(H,28,31). The van der Waals surface area contributed by atoms with Crippen molar-refractivity contribution in [1.29, 1.82) is 0 Å². The van der Waals surface area contributed by atoms with Crippen molar-refractivity contribution in [1.82, 2.24) is 5.32 Å². The van der Waals surface area contributed by atoms with Gasteiger partial charge in [0.2, 0.25) is 0 Å². The Morgan fingerprint density at radius 3 is 2.13 bits per heavy atom. The second kappa shape index (κ2) is 8.48. The molecule has 0 saturated carbocycles. The molecule has 31 heavy (non-hydrogen) atoms. The molecule has 0 aromatic heterocycles. The molecule has 0 fully saturated rings. The number of oxime groups is 1. The smallest absolute Gasteiger partial charge is 0.374 e. The summed E-state index contributed by atoms with van der Waals surface area (Å²) < 4.78 is 78.9. The van der Waals surface area contributed by atoms with Crippen LogP contribution in [-0.4, -0.2) is 29.6 Å². The molecule has 0 amide bonds. The normalized spacial score (nSPS) is 19.0. The predicted molar refractivity (Wildman–Crippen MR) is 109 cm³/mol. The van der Waals surface area contributed by atoms with Gasteiger partial charge in [-0.15, -0.1) is 0 Å². The van der Waals surface area contributed by atoms with Gasteiger partial charge in [-0.25, -0.2) is 0 Å². The molecule has 1 aliphatic rings. The van der Waals surface area contributed by atoms with E-state index in [1.165, 1.54) is 30.3 Å². The Kier molecular flexibility index (Phi) is 6.46. The minimum Gasteiger partial charge on any atom is -0.374 e. The Morgan fingerprint density at radius 2 is 1.61 bits per heavy atom. The highest BCUT2D eigenvalue weighted by atomic mass is 35.5. The zero-order valence-electron chi connectivity index (χ0n) is 15.2. The molecule has 1 heterocycles. The molecule has 2 aromatic carbocycles. The maximum atomic E-state index is 14.0. The highest BCUT2D eigenvalue weighted by Gasteiger charge is 2.62. The fourth-order valence-electron chi connectivity index (χ4n) is 2.94. The van der Waals surface area contributed by atoms with Gasteiger partial charge < -0.3 is 10.2 Å². The number of thiocarbonyl (C=S) groups is 1. The zero-order valence-corrected chi connectivity index (χ0v) is 17.6. The molecule has 1 N–H and O–H groups in total. The van der Waals surface area contributed by atoms with Crippen LogP contribution in [0.4, 0.5) is 26.3 Å². The summed E-state index contributed by atoms with van der Waals surface area (Å²) >= 11 is 16.6.